The van der Waals surface area contributed by atoms with Crippen LogP contribution in [0.15, 0.2) is 12.2 Å². The SMILES string of the molecule is CN[C@H]1C=C[C@H](O)C(C)O1. The van der Waals surface area contributed by atoms with Crippen molar-refractivity contribution < 1.29 is 9.84 Å². The molecule has 3 heteroatoms. The van der Waals surface area contributed by atoms with Crippen LogP contribution in [0.1, 0.15) is 6.92 Å². The zero-order chi connectivity index (χ0) is 7.56. The van der Waals surface area contributed by atoms with Crippen LogP contribution in [-0.4, -0.2) is 30.6 Å². The van der Waals surface area contributed by atoms with Crippen LogP contribution in [-0.2, 0) is 4.74 Å². The Labute approximate surface area is 60.7 Å². The van der Waals surface area contributed by atoms with E-state index < -0.39 is 6.10 Å². The van der Waals surface area contributed by atoms with Crippen molar-refractivity contribution in [3.63, 3.8) is 0 Å². The van der Waals surface area contributed by atoms with E-state index in [1.807, 2.05) is 20.0 Å². The molecule has 1 unspecified atom stereocenters. The Morgan fingerprint density at radius 2 is 2.20 bits per heavy atom. The maximum absolute atomic E-state index is 9.15. The summed E-state index contributed by atoms with van der Waals surface area (Å²) >= 11 is 0. The molecule has 0 spiro atoms. The second-order valence-electron chi connectivity index (χ2n) is 2.43. The fourth-order valence-corrected chi connectivity index (χ4v) is 0.893. The summed E-state index contributed by atoms with van der Waals surface area (Å²) in [5, 5.41) is 12.1. The molecule has 0 amide bonds. The summed E-state index contributed by atoms with van der Waals surface area (Å²) in [4.78, 5) is 0. The predicted octanol–water partition coefficient (Wildman–Crippen LogP) is -0.132. The van der Waals surface area contributed by atoms with Gasteiger partial charge in [0.1, 0.15) is 6.23 Å². The molecule has 58 valence electrons. The molecule has 0 aromatic rings. The van der Waals surface area contributed by atoms with Crippen LogP contribution in [0, 0.1) is 0 Å². The van der Waals surface area contributed by atoms with Gasteiger partial charge in [-0.2, -0.15) is 0 Å². The number of hydrogen-bond donors (Lipinski definition) is 2. The van der Waals surface area contributed by atoms with E-state index in [0.29, 0.717) is 0 Å². The highest BCUT2D eigenvalue weighted by Gasteiger charge is 2.19. The van der Waals surface area contributed by atoms with E-state index in [9.17, 15) is 0 Å². The largest absolute Gasteiger partial charge is 0.386 e. The van der Waals surface area contributed by atoms with E-state index in [1.165, 1.54) is 0 Å². The van der Waals surface area contributed by atoms with Crippen molar-refractivity contribution in [3.8, 4) is 0 Å². The van der Waals surface area contributed by atoms with Crippen molar-refractivity contribution in [2.45, 2.75) is 25.4 Å². The van der Waals surface area contributed by atoms with Gasteiger partial charge < -0.3 is 9.84 Å². The van der Waals surface area contributed by atoms with Gasteiger partial charge in [-0.25, -0.2) is 0 Å². The molecule has 10 heavy (non-hydrogen) atoms. The number of ether oxygens (including phenoxy) is 1. The van der Waals surface area contributed by atoms with E-state index in [4.69, 9.17) is 9.84 Å². The molecule has 0 fully saturated rings. The lowest BCUT2D eigenvalue weighted by Gasteiger charge is -2.26. The third-order valence-corrected chi connectivity index (χ3v) is 1.61. The van der Waals surface area contributed by atoms with Crippen molar-refractivity contribution in [2.75, 3.05) is 7.05 Å². The molecule has 0 aromatic heterocycles. The van der Waals surface area contributed by atoms with Crippen LogP contribution in [0.25, 0.3) is 0 Å². The normalized spacial score (nSPS) is 40.1. The zero-order valence-electron chi connectivity index (χ0n) is 6.24. The summed E-state index contributed by atoms with van der Waals surface area (Å²) in [6.45, 7) is 1.85. The maximum Gasteiger partial charge on any atom is 0.127 e. The lowest BCUT2D eigenvalue weighted by Crippen LogP contribution is -2.38. The van der Waals surface area contributed by atoms with Crippen molar-refractivity contribution in [1.82, 2.24) is 5.32 Å². The van der Waals surface area contributed by atoms with Gasteiger partial charge in [-0.3, -0.25) is 5.32 Å². The Hall–Kier alpha value is -0.380. The molecule has 0 radical (unpaired) electrons. The van der Waals surface area contributed by atoms with Gasteiger partial charge in [0.15, 0.2) is 0 Å². The van der Waals surface area contributed by atoms with Crippen molar-refractivity contribution in [1.29, 1.82) is 0 Å². The van der Waals surface area contributed by atoms with Gasteiger partial charge in [0.25, 0.3) is 0 Å². The average molecular weight is 143 g/mol. The minimum atomic E-state index is -0.454. The first-order valence-corrected chi connectivity index (χ1v) is 3.43. The average Bonchev–Trinajstić information content (AvgIpc) is 1.95. The highest BCUT2D eigenvalue weighted by Crippen LogP contribution is 2.09. The summed E-state index contributed by atoms with van der Waals surface area (Å²) in [7, 11) is 1.82. The minimum absolute atomic E-state index is 0.0431. The zero-order valence-corrected chi connectivity index (χ0v) is 6.24. The molecule has 0 aliphatic carbocycles. The van der Waals surface area contributed by atoms with Gasteiger partial charge in [0.2, 0.25) is 0 Å². The first kappa shape index (κ1) is 7.72. The Morgan fingerprint density at radius 3 is 2.70 bits per heavy atom. The highest BCUT2D eigenvalue weighted by molar-refractivity contribution is 4.99. The molecule has 3 nitrogen and oxygen atoms in total. The van der Waals surface area contributed by atoms with E-state index in [1.54, 1.807) is 6.08 Å². The standard InChI is InChI=1S/C7H13NO2/c1-5-6(9)3-4-7(8-2)10-5/h3-9H,1-2H3/t5?,6-,7+/m0/s1. The number of aliphatic hydroxyl groups excluding tert-OH is 1. The minimum Gasteiger partial charge on any atom is -0.386 e. The Bertz CT molecular complexity index is 136. The van der Waals surface area contributed by atoms with Crippen LogP contribution >= 0.6 is 0 Å². The second kappa shape index (κ2) is 3.14. The van der Waals surface area contributed by atoms with E-state index in [-0.39, 0.29) is 12.3 Å². The van der Waals surface area contributed by atoms with Crippen molar-refractivity contribution in [3.05, 3.63) is 12.2 Å². The fraction of sp³-hybridized carbons (Fsp3) is 0.714. The smallest absolute Gasteiger partial charge is 0.127 e. The fourth-order valence-electron chi connectivity index (χ4n) is 0.893. The van der Waals surface area contributed by atoms with Gasteiger partial charge in [0.05, 0.1) is 12.2 Å². The third-order valence-electron chi connectivity index (χ3n) is 1.61. The summed E-state index contributed by atoms with van der Waals surface area (Å²) in [6, 6.07) is 0. The van der Waals surface area contributed by atoms with Crippen LogP contribution in [0.5, 0.6) is 0 Å². The Kier molecular flexibility index (Phi) is 2.43. The highest BCUT2D eigenvalue weighted by atomic mass is 16.5. The van der Waals surface area contributed by atoms with E-state index >= 15 is 0 Å². The van der Waals surface area contributed by atoms with Gasteiger partial charge in [-0.1, -0.05) is 6.08 Å². The molecule has 1 aliphatic heterocycles. The Morgan fingerprint density at radius 1 is 1.50 bits per heavy atom. The predicted molar refractivity (Wildman–Crippen MR) is 38.5 cm³/mol. The quantitative estimate of drug-likeness (QED) is 0.502. The molecule has 0 aromatic carbocycles. The van der Waals surface area contributed by atoms with E-state index in [0.717, 1.165) is 0 Å². The summed E-state index contributed by atoms with van der Waals surface area (Å²) < 4.78 is 5.30. The summed E-state index contributed by atoms with van der Waals surface area (Å²) in [5.41, 5.74) is 0. The maximum atomic E-state index is 9.15. The van der Waals surface area contributed by atoms with Crippen molar-refractivity contribution in [2.24, 2.45) is 0 Å². The topological polar surface area (TPSA) is 41.5 Å². The molecule has 0 saturated heterocycles. The monoisotopic (exact) mass is 143 g/mol. The van der Waals surface area contributed by atoms with Gasteiger partial charge >= 0.3 is 0 Å². The van der Waals surface area contributed by atoms with Crippen LogP contribution in [0.4, 0.5) is 0 Å². The molecule has 0 saturated carbocycles. The molecule has 0 bridgehead atoms. The Balaban J connectivity index is 2.51. The molecule has 3 atom stereocenters. The van der Waals surface area contributed by atoms with Crippen LogP contribution in [0.2, 0.25) is 0 Å². The number of hydrogen-bond acceptors (Lipinski definition) is 3. The molecule has 1 heterocycles. The van der Waals surface area contributed by atoms with Crippen molar-refractivity contribution >= 4 is 0 Å². The van der Waals surface area contributed by atoms with Gasteiger partial charge in [-0.15, -0.1) is 0 Å². The third kappa shape index (κ3) is 1.56. The number of likely N-dealkylation sites (N-methyl/N-ethyl adjacent to an activating group) is 1. The molecule has 1 rings (SSSR count). The molecular weight excluding hydrogens is 130 g/mol. The molecular formula is C7H13NO2. The molecule has 1 aliphatic rings. The second-order valence-corrected chi connectivity index (χ2v) is 2.43. The lowest BCUT2D eigenvalue weighted by atomic mass is 10.1. The number of rotatable bonds is 1. The summed E-state index contributed by atoms with van der Waals surface area (Å²) in [6.07, 6.45) is 2.95. The van der Waals surface area contributed by atoms with Gasteiger partial charge in [0, 0.05) is 0 Å². The van der Waals surface area contributed by atoms with E-state index in [2.05, 4.69) is 5.32 Å². The first-order chi connectivity index (χ1) is 4.74. The first-order valence-electron chi connectivity index (χ1n) is 3.43. The summed E-state index contributed by atoms with van der Waals surface area (Å²) in [5.74, 6) is 0. The number of aliphatic hydroxyl groups is 1. The van der Waals surface area contributed by atoms with Gasteiger partial charge in [-0.05, 0) is 20.0 Å². The number of nitrogens with one attached hydrogen (secondary N) is 1. The van der Waals surface area contributed by atoms with Crippen LogP contribution in [0.3, 0.4) is 0 Å². The molecule has 2 N–H and O–H groups in total. The lowest BCUT2D eigenvalue weighted by molar-refractivity contribution is -0.0545. The van der Waals surface area contributed by atoms with Crippen LogP contribution < -0.4 is 5.32 Å².